The summed E-state index contributed by atoms with van der Waals surface area (Å²) in [6, 6.07) is 5.70. The van der Waals surface area contributed by atoms with E-state index in [1.54, 1.807) is 6.08 Å². The van der Waals surface area contributed by atoms with Crippen molar-refractivity contribution in [1.82, 2.24) is 0 Å². The molecule has 0 aliphatic rings. The second-order valence-electron chi connectivity index (χ2n) is 3.90. The summed E-state index contributed by atoms with van der Waals surface area (Å²) in [5, 5.41) is 13.0. The number of hydrogen-bond acceptors (Lipinski definition) is 3. The second kappa shape index (κ2) is 5.79. The van der Waals surface area contributed by atoms with Crippen molar-refractivity contribution in [1.29, 1.82) is 0 Å². The van der Waals surface area contributed by atoms with Crippen molar-refractivity contribution in [3.8, 4) is 0 Å². The molecule has 0 aliphatic carbocycles. The summed E-state index contributed by atoms with van der Waals surface area (Å²) in [5.41, 5.74) is 0.537. The number of rotatable bonds is 4. The lowest BCUT2D eigenvalue weighted by Gasteiger charge is -2.01. The van der Waals surface area contributed by atoms with Gasteiger partial charge in [-0.3, -0.25) is 14.9 Å². The average Bonchev–Trinajstić information content (AvgIpc) is 2.27. The third kappa shape index (κ3) is 4.46. The zero-order valence-corrected chi connectivity index (χ0v) is 9.71. The Morgan fingerprint density at radius 3 is 2.41 bits per heavy atom. The van der Waals surface area contributed by atoms with Gasteiger partial charge in [-0.2, -0.15) is 0 Å². The van der Waals surface area contributed by atoms with Crippen LogP contribution in [0.2, 0.25) is 0 Å². The molecule has 0 spiro atoms. The van der Waals surface area contributed by atoms with E-state index >= 15 is 0 Å². The van der Waals surface area contributed by atoms with E-state index < -0.39 is 4.92 Å². The summed E-state index contributed by atoms with van der Waals surface area (Å²) in [4.78, 5) is 21.3. The van der Waals surface area contributed by atoms with E-state index in [2.05, 4.69) is 5.32 Å². The van der Waals surface area contributed by atoms with Gasteiger partial charge >= 0.3 is 0 Å². The van der Waals surface area contributed by atoms with Crippen LogP contribution in [0.5, 0.6) is 0 Å². The topological polar surface area (TPSA) is 72.2 Å². The lowest BCUT2D eigenvalue weighted by atomic mass is 10.2. The van der Waals surface area contributed by atoms with Crippen molar-refractivity contribution >= 4 is 17.3 Å². The van der Waals surface area contributed by atoms with Crippen LogP contribution < -0.4 is 5.32 Å². The van der Waals surface area contributed by atoms with Gasteiger partial charge in [-0.05, 0) is 24.1 Å². The summed E-state index contributed by atoms with van der Waals surface area (Å²) in [6.07, 6.45) is 3.23. The van der Waals surface area contributed by atoms with Gasteiger partial charge in [0.1, 0.15) is 0 Å². The Bertz CT molecular complexity index is 436. The van der Waals surface area contributed by atoms with Gasteiger partial charge in [0.2, 0.25) is 5.91 Å². The van der Waals surface area contributed by atoms with Crippen molar-refractivity contribution in [3.05, 3.63) is 46.5 Å². The lowest BCUT2D eigenvalue weighted by Crippen LogP contribution is -2.08. The maximum Gasteiger partial charge on any atom is 0.269 e. The molecule has 1 N–H and O–H groups in total. The minimum atomic E-state index is -0.482. The minimum Gasteiger partial charge on any atom is -0.323 e. The number of nitro benzene ring substituents is 1. The van der Waals surface area contributed by atoms with Gasteiger partial charge < -0.3 is 5.32 Å². The number of carbonyl (C=O) groups is 1. The Balaban J connectivity index is 2.63. The van der Waals surface area contributed by atoms with E-state index in [-0.39, 0.29) is 11.6 Å². The molecule has 5 nitrogen and oxygen atoms in total. The van der Waals surface area contributed by atoms with Gasteiger partial charge in [-0.1, -0.05) is 19.9 Å². The SMILES string of the molecule is CC(C)/C=C/C(=O)Nc1ccc([N+](=O)[O-])cc1. The number of anilines is 1. The van der Waals surface area contributed by atoms with Crippen LogP contribution in [0.15, 0.2) is 36.4 Å². The highest BCUT2D eigenvalue weighted by Gasteiger charge is 2.04. The summed E-state index contributed by atoms with van der Waals surface area (Å²) < 4.78 is 0. The van der Waals surface area contributed by atoms with Crippen molar-refractivity contribution in [2.45, 2.75) is 13.8 Å². The third-order valence-electron chi connectivity index (χ3n) is 1.98. The number of carbonyl (C=O) groups excluding carboxylic acids is 1. The van der Waals surface area contributed by atoms with Gasteiger partial charge in [0.15, 0.2) is 0 Å². The Morgan fingerprint density at radius 2 is 1.94 bits per heavy atom. The smallest absolute Gasteiger partial charge is 0.269 e. The molecule has 5 heteroatoms. The van der Waals surface area contributed by atoms with Crippen molar-refractivity contribution < 1.29 is 9.72 Å². The number of benzene rings is 1. The number of allylic oxidation sites excluding steroid dienone is 1. The first-order chi connectivity index (χ1) is 7.99. The predicted molar refractivity (Wildman–Crippen MR) is 65.7 cm³/mol. The van der Waals surface area contributed by atoms with Crippen molar-refractivity contribution in [2.24, 2.45) is 5.92 Å². The Kier molecular flexibility index (Phi) is 4.39. The maximum atomic E-state index is 11.4. The first-order valence-corrected chi connectivity index (χ1v) is 5.22. The Hall–Kier alpha value is -2.17. The van der Waals surface area contributed by atoms with E-state index in [1.165, 1.54) is 30.3 Å². The highest BCUT2D eigenvalue weighted by Crippen LogP contribution is 2.15. The molecular formula is C12H14N2O3. The van der Waals surface area contributed by atoms with Crippen LogP contribution in [0, 0.1) is 16.0 Å². The molecular weight excluding hydrogens is 220 g/mol. The van der Waals surface area contributed by atoms with Gasteiger partial charge in [0, 0.05) is 17.8 Å². The van der Waals surface area contributed by atoms with Crippen LogP contribution in [0.3, 0.4) is 0 Å². The first kappa shape index (κ1) is 12.9. The van der Waals surface area contributed by atoms with Crippen LogP contribution >= 0.6 is 0 Å². The average molecular weight is 234 g/mol. The molecule has 90 valence electrons. The van der Waals surface area contributed by atoms with Crippen LogP contribution in [0.4, 0.5) is 11.4 Å². The number of amides is 1. The maximum absolute atomic E-state index is 11.4. The highest BCUT2D eigenvalue weighted by molar-refractivity contribution is 5.99. The number of nitrogens with zero attached hydrogens (tertiary/aromatic N) is 1. The second-order valence-corrected chi connectivity index (χ2v) is 3.90. The predicted octanol–water partition coefficient (Wildman–Crippen LogP) is 2.75. The summed E-state index contributed by atoms with van der Waals surface area (Å²) in [5.74, 6) is 0.0603. The van der Waals surface area contributed by atoms with Crippen LogP contribution in [-0.2, 0) is 4.79 Å². The normalized spacial score (nSPS) is 10.8. The van der Waals surface area contributed by atoms with E-state index in [1.807, 2.05) is 13.8 Å². The fourth-order valence-corrected chi connectivity index (χ4v) is 1.13. The summed E-state index contributed by atoms with van der Waals surface area (Å²) in [6.45, 7) is 3.94. The molecule has 0 bridgehead atoms. The number of hydrogen-bond donors (Lipinski definition) is 1. The van der Waals surface area contributed by atoms with Crippen molar-refractivity contribution in [3.63, 3.8) is 0 Å². The van der Waals surface area contributed by atoms with E-state index in [4.69, 9.17) is 0 Å². The van der Waals surface area contributed by atoms with Gasteiger partial charge in [-0.25, -0.2) is 0 Å². The Labute approximate surface area is 99.3 Å². The third-order valence-corrected chi connectivity index (χ3v) is 1.98. The van der Waals surface area contributed by atoms with E-state index in [0.717, 1.165) is 0 Å². The number of non-ortho nitro benzene ring substituents is 1. The zero-order chi connectivity index (χ0) is 12.8. The number of nitrogens with one attached hydrogen (secondary N) is 1. The lowest BCUT2D eigenvalue weighted by molar-refractivity contribution is -0.384. The van der Waals surface area contributed by atoms with Gasteiger partial charge in [0.05, 0.1) is 4.92 Å². The van der Waals surface area contributed by atoms with Gasteiger partial charge in [-0.15, -0.1) is 0 Å². The molecule has 0 saturated carbocycles. The van der Waals surface area contributed by atoms with Crippen LogP contribution in [0.1, 0.15) is 13.8 Å². The highest BCUT2D eigenvalue weighted by atomic mass is 16.6. The van der Waals surface area contributed by atoms with E-state index in [9.17, 15) is 14.9 Å². The van der Waals surface area contributed by atoms with Gasteiger partial charge in [0.25, 0.3) is 5.69 Å². The molecule has 0 aromatic heterocycles. The van der Waals surface area contributed by atoms with E-state index in [0.29, 0.717) is 11.6 Å². The molecule has 0 saturated heterocycles. The first-order valence-electron chi connectivity index (χ1n) is 5.22. The largest absolute Gasteiger partial charge is 0.323 e. The number of nitro groups is 1. The molecule has 1 amide bonds. The molecule has 1 aromatic carbocycles. The molecule has 0 radical (unpaired) electrons. The molecule has 0 fully saturated rings. The monoisotopic (exact) mass is 234 g/mol. The molecule has 17 heavy (non-hydrogen) atoms. The summed E-state index contributed by atoms with van der Waals surface area (Å²) in [7, 11) is 0. The Morgan fingerprint density at radius 1 is 1.35 bits per heavy atom. The molecule has 0 unspecified atom stereocenters. The quantitative estimate of drug-likeness (QED) is 0.494. The molecule has 0 aliphatic heterocycles. The molecule has 1 rings (SSSR count). The zero-order valence-electron chi connectivity index (χ0n) is 9.71. The minimum absolute atomic E-state index is 0.000668. The molecule has 0 heterocycles. The molecule has 0 atom stereocenters. The fraction of sp³-hybridized carbons (Fsp3) is 0.250. The fourth-order valence-electron chi connectivity index (χ4n) is 1.13. The van der Waals surface area contributed by atoms with Crippen LogP contribution in [0.25, 0.3) is 0 Å². The van der Waals surface area contributed by atoms with Crippen molar-refractivity contribution in [2.75, 3.05) is 5.32 Å². The molecule has 1 aromatic rings. The standard InChI is InChI=1S/C12H14N2O3/c1-9(2)3-8-12(15)13-10-4-6-11(7-5-10)14(16)17/h3-9H,1-2H3,(H,13,15)/b8-3+. The summed E-state index contributed by atoms with van der Waals surface area (Å²) >= 11 is 0. The van der Waals surface area contributed by atoms with Crippen LogP contribution in [-0.4, -0.2) is 10.8 Å².